The summed E-state index contributed by atoms with van der Waals surface area (Å²) in [7, 11) is 0. The number of rotatable bonds is 5. The van der Waals surface area contributed by atoms with Gasteiger partial charge in [-0.25, -0.2) is 0 Å². The van der Waals surface area contributed by atoms with E-state index in [1.165, 1.54) is 11.1 Å². The first-order valence-corrected chi connectivity index (χ1v) is 8.89. The molecule has 1 amide bonds. The zero-order valence-corrected chi connectivity index (χ0v) is 15.0. The van der Waals surface area contributed by atoms with Gasteiger partial charge in [-0.2, -0.15) is 0 Å². The summed E-state index contributed by atoms with van der Waals surface area (Å²) in [6.07, 6.45) is 1.99. The summed E-state index contributed by atoms with van der Waals surface area (Å²) in [6, 6.07) is 13.6. The first-order chi connectivity index (χ1) is 12.2. The van der Waals surface area contributed by atoms with Crippen molar-refractivity contribution >= 4 is 5.91 Å². The molecule has 0 spiro atoms. The Bertz CT molecular complexity index is 661. The Hall–Kier alpha value is -2.24. The van der Waals surface area contributed by atoms with E-state index < -0.39 is 6.10 Å². The van der Waals surface area contributed by atoms with E-state index in [4.69, 9.17) is 0 Å². The Morgan fingerprint density at radius 2 is 1.92 bits per heavy atom. The maximum absolute atomic E-state index is 11.9. The van der Waals surface area contributed by atoms with Gasteiger partial charge < -0.3 is 10.4 Å². The minimum Gasteiger partial charge on any atom is -0.390 e. The van der Waals surface area contributed by atoms with Crippen LogP contribution in [0, 0.1) is 0 Å². The van der Waals surface area contributed by atoms with Crippen LogP contribution in [0.5, 0.6) is 0 Å². The molecule has 0 bridgehead atoms. The molecule has 5 nitrogen and oxygen atoms in total. The Labute approximate surface area is 149 Å². The predicted molar refractivity (Wildman–Crippen MR) is 99.3 cm³/mol. The number of hydrogen-bond acceptors (Lipinski definition) is 4. The molecule has 25 heavy (non-hydrogen) atoms. The van der Waals surface area contributed by atoms with E-state index in [2.05, 4.69) is 33.4 Å². The number of hydrogen-bond donors (Lipinski definition) is 2. The van der Waals surface area contributed by atoms with Gasteiger partial charge in [-0.3, -0.25) is 14.7 Å². The highest BCUT2D eigenvalue weighted by Gasteiger charge is 2.18. The lowest BCUT2D eigenvalue weighted by Crippen LogP contribution is -2.42. The van der Waals surface area contributed by atoms with Crippen LogP contribution in [0.3, 0.4) is 0 Å². The summed E-state index contributed by atoms with van der Waals surface area (Å²) in [5.41, 5.74) is 3.08. The first-order valence-electron chi connectivity index (χ1n) is 8.89. The van der Waals surface area contributed by atoms with Gasteiger partial charge in [0.25, 0.3) is 5.91 Å². The molecule has 0 aliphatic carbocycles. The second-order valence-corrected chi connectivity index (χ2v) is 5.83. The van der Waals surface area contributed by atoms with Crippen molar-refractivity contribution in [2.75, 3.05) is 19.6 Å². The topological polar surface area (TPSA) is 65.5 Å². The third-order valence-corrected chi connectivity index (χ3v) is 4.07. The summed E-state index contributed by atoms with van der Waals surface area (Å²) in [6.45, 7) is 6.56. The van der Waals surface area contributed by atoms with Crippen molar-refractivity contribution in [3.63, 3.8) is 0 Å². The van der Waals surface area contributed by atoms with Gasteiger partial charge in [0.15, 0.2) is 0 Å². The molecular formula is C20H27N3O2. The van der Waals surface area contributed by atoms with Crippen LogP contribution < -0.4 is 5.32 Å². The quantitative estimate of drug-likeness (QED) is 0.875. The van der Waals surface area contributed by atoms with Crippen LogP contribution in [0.15, 0.2) is 48.7 Å². The second kappa shape index (κ2) is 9.91. The van der Waals surface area contributed by atoms with Gasteiger partial charge in [0.2, 0.25) is 0 Å². The van der Waals surface area contributed by atoms with Crippen molar-refractivity contribution in [2.45, 2.75) is 32.9 Å². The van der Waals surface area contributed by atoms with E-state index in [0.29, 0.717) is 12.2 Å². The highest BCUT2D eigenvalue weighted by molar-refractivity contribution is 5.92. The normalized spacial score (nSPS) is 14.7. The maximum Gasteiger partial charge on any atom is 0.269 e. The number of carbonyl (C=O) groups is 1. The predicted octanol–water partition coefficient (Wildman–Crippen LogP) is 2.26. The number of β-amino-alcohol motifs (C(OH)–C–C–N with tert-alkyl or cyclic N) is 1. The number of carbonyl (C=O) groups excluding carboxylic acids is 1. The Morgan fingerprint density at radius 3 is 2.64 bits per heavy atom. The van der Waals surface area contributed by atoms with Crippen LogP contribution in [0.25, 0.3) is 0 Å². The smallest absolute Gasteiger partial charge is 0.269 e. The molecule has 0 unspecified atom stereocenters. The molecule has 5 heteroatoms. The zero-order chi connectivity index (χ0) is 18.1. The second-order valence-electron chi connectivity index (χ2n) is 5.83. The number of aliphatic hydroxyl groups is 1. The van der Waals surface area contributed by atoms with Gasteiger partial charge in [0, 0.05) is 32.4 Å². The molecule has 0 fully saturated rings. The maximum atomic E-state index is 11.9. The third kappa shape index (κ3) is 5.66. The lowest BCUT2D eigenvalue weighted by Gasteiger charge is -2.30. The number of aromatic nitrogens is 1. The number of aliphatic hydroxyl groups excluding tert-OH is 1. The van der Waals surface area contributed by atoms with Crippen molar-refractivity contribution in [1.29, 1.82) is 0 Å². The number of nitrogens with zero attached hydrogens (tertiary/aromatic N) is 2. The summed E-state index contributed by atoms with van der Waals surface area (Å²) >= 11 is 0. The van der Waals surface area contributed by atoms with E-state index in [0.717, 1.165) is 19.5 Å². The fraction of sp³-hybridized carbons (Fsp3) is 0.400. The SMILES string of the molecule is CC.O=C(NC[C@H](O)CN1CCc2ccccc2C1)c1ccccn1. The van der Waals surface area contributed by atoms with E-state index >= 15 is 0 Å². The van der Waals surface area contributed by atoms with Gasteiger partial charge in [0.05, 0.1) is 6.10 Å². The molecule has 134 valence electrons. The first kappa shape index (κ1) is 19.1. The summed E-state index contributed by atoms with van der Waals surface area (Å²) in [5, 5.41) is 12.9. The fourth-order valence-electron chi connectivity index (χ4n) is 2.87. The lowest BCUT2D eigenvalue weighted by atomic mass is 10.00. The Kier molecular flexibility index (Phi) is 7.57. The number of nitrogens with one attached hydrogen (secondary N) is 1. The minimum absolute atomic E-state index is 0.230. The van der Waals surface area contributed by atoms with Gasteiger partial charge >= 0.3 is 0 Å². The van der Waals surface area contributed by atoms with Crippen molar-refractivity contribution < 1.29 is 9.90 Å². The molecule has 0 radical (unpaired) electrons. The molecule has 0 saturated heterocycles. The van der Waals surface area contributed by atoms with Gasteiger partial charge in [-0.1, -0.05) is 44.2 Å². The highest BCUT2D eigenvalue weighted by atomic mass is 16.3. The van der Waals surface area contributed by atoms with E-state index in [1.54, 1.807) is 24.4 Å². The van der Waals surface area contributed by atoms with Crippen molar-refractivity contribution in [2.24, 2.45) is 0 Å². The molecule has 1 aromatic heterocycles. The zero-order valence-electron chi connectivity index (χ0n) is 15.0. The van der Waals surface area contributed by atoms with Crippen LogP contribution in [-0.4, -0.2) is 46.6 Å². The summed E-state index contributed by atoms with van der Waals surface area (Å²) < 4.78 is 0. The number of fused-ring (bicyclic) bond motifs is 1. The molecule has 2 N–H and O–H groups in total. The van der Waals surface area contributed by atoms with Crippen LogP contribution in [0.2, 0.25) is 0 Å². The molecule has 1 aromatic carbocycles. The van der Waals surface area contributed by atoms with Crippen LogP contribution >= 0.6 is 0 Å². The van der Waals surface area contributed by atoms with E-state index in [1.807, 2.05) is 19.9 Å². The molecule has 1 atom stereocenters. The van der Waals surface area contributed by atoms with Crippen LogP contribution in [0.4, 0.5) is 0 Å². The molecule has 3 rings (SSSR count). The highest BCUT2D eigenvalue weighted by Crippen LogP contribution is 2.18. The molecule has 0 saturated carbocycles. The third-order valence-electron chi connectivity index (χ3n) is 4.07. The largest absolute Gasteiger partial charge is 0.390 e. The number of pyridine rings is 1. The molecule has 1 aliphatic heterocycles. The molecule has 1 aliphatic rings. The Morgan fingerprint density at radius 1 is 1.20 bits per heavy atom. The number of benzene rings is 1. The van der Waals surface area contributed by atoms with Gasteiger partial charge in [-0.05, 0) is 29.7 Å². The number of amides is 1. The average Bonchev–Trinajstić information content (AvgIpc) is 2.68. The van der Waals surface area contributed by atoms with Crippen LogP contribution in [0.1, 0.15) is 35.5 Å². The molecule has 2 aromatic rings. The molecular weight excluding hydrogens is 314 g/mol. The summed E-state index contributed by atoms with van der Waals surface area (Å²) in [4.78, 5) is 18.1. The monoisotopic (exact) mass is 341 g/mol. The lowest BCUT2D eigenvalue weighted by molar-refractivity contribution is 0.0838. The minimum atomic E-state index is -0.590. The van der Waals surface area contributed by atoms with Crippen LogP contribution in [-0.2, 0) is 13.0 Å². The standard InChI is InChI=1S/C18H21N3O2.C2H6/c22-16(11-20-18(23)17-7-3-4-9-19-17)13-21-10-8-14-5-1-2-6-15(14)12-21;1-2/h1-7,9,16,22H,8,10-13H2,(H,20,23);1-2H3/t16-;/m0./s1. The van der Waals surface area contributed by atoms with Crippen molar-refractivity contribution in [3.8, 4) is 0 Å². The molecule has 2 heterocycles. The van der Waals surface area contributed by atoms with E-state index in [9.17, 15) is 9.90 Å². The average molecular weight is 341 g/mol. The van der Waals surface area contributed by atoms with Gasteiger partial charge in [-0.15, -0.1) is 0 Å². The van der Waals surface area contributed by atoms with Crippen molar-refractivity contribution in [1.82, 2.24) is 15.2 Å². The Balaban J connectivity index is 0.00000109. The van der Waals surface area contributed by atoms with Gasteiger partial charge in [0.1, 0.15) is 5.69 Å². The van der Waals surface area contributed by atoms with Crippen molar-refractivity contribution in [3.05, 3.63) is 65.5 Å². The van der Waals surface area contributed by atoms with E-state index in [-0.39, 0.29) is 12.5 Å². The fourth-order valence-corrected chi connectivity index (χ4v) is 2.87. The summed E-state index contributed by atoms with van der Waals surface area (Å²) in [5.74, 6) is -0.256.